The highest BCUT2D eigenvalue weighted by molar-refractivity contribution is 7.85. The molecule has 1 saturated carbocycles. The Hall–Kier alpha value is -3.37. The molecule has 36 heavy (non-hydrogen) atoms. The summed E-state index contributed by atoms with van der Waals surface area (Å²) in [6.45, 7) is 2.75. The molecule has 1 amide bonds. The van der Waals surface area contributed by atoms with Gasteiger partial charge in [0.05, 0.1) is 20.1 Å². The minimum Gasteiger partial charge on any atom is -0.486 e. The number of nitrogens with zero attached hydrogens (tertiary/aromatic N) is 3. The SMILES string of the molecule is CO[C@@H]1CN(C(=O)c2c(C)cccc2C2CC2)C[C@H]1Oc1cccc(OS(=O)(=O)n2cc[n+](C)c2)c1. The molecular weight excluding hydrogens is 482 g/mol. The fourth-order valence-corrected chi connectivity index (χ4v) is 5.52. The van der Waals surface area contributed by atoms with Crippen LogP contribution in [0.4, 0.5) is 0 Å². The van der Waals surface area contributed by atoms with Crippen molar-refractivity contribution in [1.82, 2.24) is 8.87 Å². The third-order valence-corrected chi connectivity index (χ3v) is 7.77. The molecule has 2 aromatic carbocycles. The Bertz CT molecular complexity index is 1380. The molecule has 2 heterocycles. The lowest BCUT2D eigenvalue weighted by molar-refractivity contribution is -0.670. The molecule has 0 radical (unpaired) electrons. The van der Waals surface area contributed by atoms with E-state index < -0.39 is 16.4 Å². The van der Waals surface area contributed by atoms with Crippen molar-refractivity contribution < 1.29 is 31.4 Å². The number of imidazole rings is 1. The van der Waals surface area contributed by atoms with E-state index in [4.69, 9.17) is 13.7 Å². The van der Waals surface area contributed by atoms with Crippen LogP contribution in [-0.4, -0.2) is 55.6 Å². The Balaban J connectivity index is 1.31. The predicted molar refractivity (Wildman–Crippen MR) is 131 cm³/mol. The monoisotopic (exact) mass is 512 g/mol. The highest BCUT2D eigenvalue weighted by Crippen LogP contribution is 2.42. The van der Waals surface area contributed by atoms with Crippen molar-refractivity contribution in [2.24, 2.45) is 7.05 Å². The van der Waals surface area contributed by atoms with Crippen LogP contribution in [0.5, 0.6) is 11.5 Å². The molecule has 1 saturated heterocycles. The van der Waals surface area contributed by atoms with E-state index in [1.165, 1.54) is 18.6 Å². The average Bonchev–Trinajstić information content (AvgIpc) is 3.46. The summed E-state index contributed by atoms with van der Waals surface area (Å²) in [7, 11) is -0.735. The van der Waals surface area contributed by atoms with E-state index in [0.717, 1.165) is 33.5 Å². The number of hydrogen-bond acceptors (Lipinski definition) is 6. The summed E-state index contributed by atoms with van der Waals surface area (Å²) in [5.74, 6) is 1.01. The second kappa shape index (κ2) is 9.59. The Kier molecular flexibility index (Phi) is 6.48. The van der Waals surface area contributed by atoms with Gasteiger partial charge in [0.15, 0.2) is 6.20 Å². The topological polar surface area (TPSA) is 90.9 Å². The van der Waals surface area contributed by atoms with Crippen LogP contribution in [0.2, 0.25) is 0 Å². The van der Waals surface area contributed by atoms with Crippen LogP contribution in [0, 0.1) is 6.92 Å². The van der Waals surface area contributed by atoms with Gasteiger partial charge in [-0.2, -0.15) is 0 Å². The molecular formula is C26H30N3O6S+. The maximum Gasteiger partial charge on any atom is 0.491 e. The van der Waals surface area contributed by atoms with E-state index in [2.05, 4.69) is 6.07 Å². The van der Waals surface area contributed by atoms with Gasteiger partial charge in [0.25, 0.3) is 12.2 Å². The molecule has 10 heteroatoms. The van der Waals surface area contributed by atoms with Crippen molar-refractivity contribution in [3.63, 3.8) is 0 Å². The van der Waals surface area contributed by atoms with Crippen LogP contribution in [-0.2, 0) is 22.1 Å². The number of ether oxygens (including phenoxy) is 2. The standard InChI is InChI=1S/C26H30N3O6S/c1-18-6-4-9-22(19-10-11-19)25(18)26(30)28-15-23(33-3)24(16-28)34-20-7-5-8-21(14-20)35-36(31,32)29-13-12-27(2)17-29/h4-9,12-14,17,19,23-24H,10-11,15-16H2,1-3H3/q+1/t23-,24-/m1/s1. The molecule has 0 spiro atoms. The molecule has 0 N–H and O–H groups in total. The van der Waals surface area contributed by atoms with Crippen LogP contribution in [0.25, 0.3) is 0 Å². The molecule has 3 aromatic rings. The van der Waals surface area contributed by atoms with E-state index in [-0.39, 0.29) is 17.8 Å². The molecule has 0 unspecified atom stereocenters. The summed E-state index contributed by atoms with van der Waals surface area (Å²) < 4.78 is 44.8. The van der Waals surface area contributed by atoms with E-state index in [1.54, 1.807) is 48.0 Å². The number of amides is 1. The van der Waals surface area contributed by atoms with Gasteiger partial charge in [-0.1, -0.05) is 28.2 Å². The maximum absolute atomic E-state index is 13.6. The number of methoxy groups -OCH3 is 1. The Morgan fingerprint density at radius 3 is 2.47 bits per heavy atom. The van der Waals surface area contributed by atoms with Crippen molar-refractivity contribution in [2.75, 3.05) is 20.2 Å². The fraction of sp³-hybridized carbons (Fsp3) is 0.385. The summed E-state index contributed by atoms with van der Waals surface area (Å²) in [5.41, 5.74) is 2.89. The van der Waals surface area contributed by atoms with Crippen molar-refractivity contribution >= 4 is 16.2 Å². The minimum atomic E-state index is -4.05. The highest BCUT2D eigenvalue weighted by atomic mass is 32.2. The average molecular weight is 513 g/mol. The highest BCUT2D eigenvalue weighted by Gasteiger charge is 2.39. The third-order valence-electron chi connectivity index (χ3n) is 6.64. The lowest BCUT2D eigenvalue weighted by Crippen LogP contribution is -2.32. The van der Waals surface area contributed by atoms with Gasteiger partial charge in [-0.3, -0.25) is 4.79 Å². The maximum atomic E-state index is 13.6. The number of carbonyl (C=O) groups excluding carboxylic acids is 1. The molecule has 1 aliphatic heterocycles. The number of carbonyl (C=O) groups is 1. The van der Waals surface area contributed by atoms with E-state index in [1.807, 2.05) is 19.1 Å². The van der Waals surface area contributed by atoms with Crippen LogP contribution in [0.15, 0.2) is 61.2 Å². The number of aryl methyl sites for hydroxylation is 2. The van der Waals surface area contributed by atoms with E-state index in [0.29, 0.717) is 24.8 Å². The smallest absolute Gasteiger partial charge is 0.486 e. The molecule has 2 aliphatic rings. The van der Waals surface area contributed by atoms with Crippen molar-refractivity contribution in [3.05, 3.63) is 77.9 Å². The molecule has 5 rings (SSSR count). The van der Waals surface area contributed by atoms with Crippen LogP contribution in [0.1, 0.15) is 40.2 Å². The first-order valence-electron chi connectivity index (χ1n) is 11.9. The van der Waals surface area contributed by atoms with Gasteiger partial charge in [0.1, 0.15) is 29.9 Å². The normalized spacial score (nSPS) is 19.9. The fourth-order valence-electron chi connectivity index (χ4n) is 4.62. The quantitative estimate of drug-likeness (QED) is 0.431. The summed E-state index contributed by atoms with van der Waals surface area (Å²) in [4.78, 5) is 15.3. The summed E-state index contributed by atoms with van der Waals surface area (Å²) in [5, 5.41) is 0. The first kappa shape index (κ1) is 24.3. The second-order valence-corrected chi connectivity index (χ2v) is 10.8. The largest absolute Gasteiger partial charge is 0.491 e. The first-order valence-corrected chi connectivity index (χ1v) is 13.3. The Morgan fingerprint density at radius 1 is 1.06 bits per heavy atom. The van der Waals surface area contributed by atoms with Crippen molar-refractivity contribution in [1.29, 1.82) is 0 Å². The zero-order valence-electron chi connectivity index (χ0n) is 20.5. The van der Waals surface area contributed by atoms with Crippen molar-refractivity contribution in [3.8, 4) is 11.5 Å². The van der Waals surface area contributed by atoms with Gasteiger partial charge in [0.2, 0.25) is 0 Å². The number of benzene rings is 2. The Morgan fingerprint density at radius 2 is 1.78 bits per heavy atom. The molecule has 9 nitrogen and oxygen atoms in total. The van der Waals surface area contributed by atoms with Crippen LogP contribution in [0.3, 0.4) is 0 Å². The summed E-state index contributed by atoms with van der Waals surface area (Å²) in [6.07, 6.45) is 5.89. The van der Waals surface area contributed by atoms with Crippen LogP contribution >= 0.6 is 0 Å². The van der Waals surface area contributed by atoms with Gasteiger partial charge < -0.3 is 18.6 Å². The zero-order chi connectivity index (χ0) is 25.4. The van der Waals surface area contributed by atoms with Crippen LogP contribution < -0.4 is 13.5 Å². The molecule has 0 bridgehead atoms. The lowest BCUT2D eigenvalue weighted by Gasteiger charge is -2.20. The molecule has 2 fully saturated rings. The van der Waals surface area contributed by atoms with E-state index in [9.17, 15) is 13.2 Å². The number of rotatable bonds is 8. The number of likely N-dealkylation sites (tertiary alicyclic amines) is 1. The molecule has 1 aliphatic carbocycles. The van der Waals surface area contributed by atoms with E-state index >= 15 is 0 Å². The Labute approximate surface area is 211 Å². The minimum absolute atomic E-state index is 0.00814. The first-order chi connectivity index (χ1) is 17.2. The van der Waals surface area contributed by atoms with Gasteiger partial charge in [-0.05, 0) is 48.9 Å². The molecule has 1 aromatic heterocycles. The third kappa shape index (κ3) is 4.96. The zero-order valence-corrected chi connectivity index (χ0v) is 21.3. The lowest BCUT2D eigenvalue weighted by atomic mass is 9.97. The molecule has 190 valence electrons. The summed E-state index contributed by atoms with van der Waals surface area (Å²) in [6, 6.07) is 12.5. The van der Waals surface area contributed by atoms with Gasteiger partial charge in [0, 0.05) is 18.7 Å². The van der Waals surface area contributed by atoms with Gasteiger partial charge in [-0.15, -0.1) is 8.42 Å². The number of aromatic nitrogens is 2. The number of hydrogen-bond donors (Lipinski definition) is 0. The van der Waals surface area contributed by atoms with Crippen molar-refractivity contribution in [2.45, 2.75) is 37.9 Å². The summed E-state index contributed by atoms with van der Waals surface area (Å²) >= 11 is 0. The van der Waals surface area contributed by atoms with Gasteiger partial charge >= 0.3 is 10.3 Å². The second-order valence-electron chi connectivity index (χ2n) is 9.38. The predicted octanol–water partition coefficient (Wildman–Crippen LogP) is 2.59. The molecule has 2 atom stereocenters. The van der Waals surface area contributed by atoms with Gasteiger partial charge in [-0.25, -0.2) is 4.57 Å².